The maximum absolute atomic E-state index is 12.1. The number of piperidine rings is 1. The smallest absolute Gasteiger partial charge is 0.317 e. The SMILES string of the molecule is C#CCC(C)NC(=O)N1CCCCC1CCC(=O)O. The number of terminal acetylenes is 1. The highest BCUT2D eigenvalue weighted by Gasteiger charge is 2.27. The second kappa shape index (κ2) is 7.67. The summed E-state index contributed by atoms with van der Waals surface area (Å²) in [6, 6.07) is -0.153. The predicted molar refractivity (Wildman–Crippen MR) is 72.7 cm³/mol. The van der Waals surface area contributed by atoms with E-state index in [1.54, 1.807) is 4.90 Å². The highest BCUT2D eigenvalue weighted by Crippen LogP contribution is 2.21. The number of carbonyl (C=O) groups excluding carboxylic acids is 1. The Kier molecular flexibility index (Phi) is 6.20. The fourth-order valence-corrected chi connectivity index (χ4v) is 2.38. The van der Waals surface area contributed by atoms with Crippen molar-refractivity contribution in [3.63, 3.8) is 0 Å². The van der Waals surface area contributed by atoms with Crippen LogP contribution in [0.1, 0.15) is 45.4 Å². The van der Waals surface area contributed by atoms with Gasteiger partial charge in [0.05, 0.1) is 0 Å². The molecule has 0 saturated carbocycles. The molecule has 0 bridgehead atoms. The fourth-order valence-electron chi connectivity index (χ4n) is 2.38. The molecular formula is C14H22N2O3. The van der Waals surface area contributed by atoms with Crippen molar-refractivity contribution in [1.82, 2.24) is 10.2 Å². The molecule has 1 saturated heterocycles. The van der Waals surface area contributed by atoms with Crippen LogP contribution in [0.4, 0.5) is 4.79 Å². The van der Waals surface area contributed by atoms with Gasteiger partial charge in [-0.25, -0.2) is 4.79 Å². The number of nitrogens with one attached hydrogen (secondary N) is 1. The van der Waals surface area contributed by atoms with E-state index in [1.165, 1.54) is 0 Å². The van der Waals surface area contributed by atoms with Crippen LogP contribution in [0.15, 0.2) is 0 Å². The molecule has 0 aliphatic carbocycles. The number of nitrogens with zero attached hydrogens (tertiary/aromatic N) is 1. The number of carboxylic acids is 1. The zero-order valence-corrected chi connectivity index (χ0v) is 11.4. The number of carbonyl (C=O) groups is 2. The van der Waals surface area contributed by atoms with Crippen LogP contribution in [-0.4, -0.2) is 40.6 Å². The lowest BCUT2D eigenvalue weighted by Crippen LogP contribution is -2.50. The van der Waals surface area contributed by atoms with Gasteiger partial charge in [-0.2, -0.15) is 0 Å². The third-order valence-corrected chi connectivity index (χ3v) is 3.37. The van der Waals surface area contributed by atoms with Crippen molar-refractivity contribution in [3.8, 4) is 12.3 Å². The molecule has 5 nitrogen and oxygen atoms in total. The molecule has 2 N–H and O–H groups in total. The van der Waals surface area contributed by atoms with Crippen molar-refractivity contribution >= 4 is 12.0 Å². The Bertz CT molecular complexity index is 362. The Morgan fingerprint density at radius 2 is 2.26 bits per heavy atom. The van der Waals surface area contributed by atoms with Gasteiger partial charge in [0.15, 0.2) is 0 Å². The second-order valence-electron chi connectivity index (χ2n) is 5.03. The lowest BCUT2D eigenvalue weighted by Gasteiger charge is -2.36. The lowest BCUT2D eigenvalue weighted by molar-refractivity contribution is -0.137. The standard InChI is InChI=1S/C14H22N2O3/c1-3-6-11(2)15-14(19)16-10-5-4-7-12(16)8-9-13(17)18/h1,11-12H,4-10H2,2H3,(H,15,19)(H,17,18). The highest BCUT2D eigenvalue weighted by atomic mass is 16.4. The molecule has 0 spiro atoms. The molecule has 106 valence electrons. The van der Waals surface area contributed by atoms with Gasteiger partial charge in [-0.1, -0.05) is 0 Å². The average Bonchev–Trinajstić information content (AvgIpc) is 2.36. The van der Waals surface area contributed by atoms with Crippen LogP contribution in [0.5, 0.6) is 0 Å². The summed E-state index contributed by atoms with van der Waals surface area (Å²) in [5.74, 6) is 1.70. The summed E-state index contributed by atoms with van der Waals surface area (Å²) in [6.45, 7) is 2.56. The maximum Gasteiger partial charge on any atom is 0.317 e. The number of likely N-dealkylation sites (tertiary alicyclic amines) is 1. The number of amides is 2. The summed E-state index contributed by atoms with van der Waals surface area (Å²) in [6.07, 6.45) is 9.24. The van der Waals surface area contributed by atoms with E-state index in [2.05, 4.69) is 11.2 Å². The first-order chi connectivity index (χ1) is 9.04. The molecular weight excluding hydrogens is 244 g/mol. The summed E-state index contributed by atoms with van der Waals surface area (Å²) in [5.41, 5.74) is 0. The van der Waals surface area contributed by atoms with Crippen molar-refractivity contribution in [3.05, 3.63) is 0 Å². The van der Waals surface area contributed by atoms with Gasteiger partial charge in [-0.3, -0.25) is 4.79 Å². The van der Waals surface area contributed by atoms with Crippen molar-refractivity contribution in [2.45, 2.75) is 57.5 Å². The molecule has 1 fully saturated rings. The number of urea groups is 1. The van der Waals surface area contributed by atoms with Crippen LogP contribution in [-0.2, 0) is 4.79 Å². The molecule has 0 aromatic rings. The molecule has 5 heteroatoms. The van der Waals surface area contributed by atoms with Gasteiger partial charge in [0.1, 0.15) is 0 Å². The zero-order valence-electron chi connectivity index (χ0n) is 11.4. The number of hydrogen-bond acceptors (Lipinski definition) is 2. The van der Waals surface area contributed by atoms with Gasteiger partial charge < -0.3 is 15.3 Å². The first kappa shape index (κ1) is 15.4. The molecule has 0 radical (unpaired) electrons. The molecule has 1 aliphatic rings. The van der Waals surface area contributed by atoms with Crippen molar-refractivity contribution in [2.75, 3.05) is 6.54 Å². The summed E-state index contributed by atoms with van der Waals surface area (Å²) >= 11 is 0. The Labute approximate surface area is 114 Å². The molecule has 1 aliphatic heterocycles. The Hall–Kier alpha value is -1.70. The molecule has 19 heavy (non-hydrogen) atoms. The quantitative estimate of drug-likeness (QED) is 0.746. The molecule has 0 aromatic carbocycles. The van der Waals surface area contributed by atoms with Crippen LogP contribution < -0.4 is 5.32 Å². The molecule has 2 unspecified atom stereocenters. The fraction of sp³-hybridized carbons (Fsp3) is 0.714. The summed E-state index contributed by atoms with van der Waals surface area (Å²) in [4.78, 5) is 24.5. The Morgan fingerprint density at radius 1 is 1.53 bits per heavy atom. The summed E-state index contributed by atoms with van der Waals surface area (Å²) < 4.78 is 0. The second-order valence-corrected chi connectivity index (χ2v) is 5.03. The van der Waals surface area contributed by atoms with E-state index in [9.17, 15) is 9.59 Å². The highest BCUT2D eigenvalue weighted by molar-refractivity contribution is 5.75. The van der Waals surface area contributed by atoms with E-state index < -0.39 is 5.97 Å². The predicted octanol–water partition coefficient (Wildman–Crippen LogP) is 1.83. The zero-order chi connectivity index (χ0) is 14.3. The Morgan fingerprint density at radius 3 is 2.89 bits per heavy atom. The number of hydrogen-bond donors (Lipinski definition) is 2. The van der Waals surface area contributed by atoms with Gasteiger partial charge in [0.2, 0.25) is 0 Å². The molecule has 1 rings (SSSR count). The van der Waals surface area contributed by atoms with E-state index in [0.717, 1.165) is 19.3 Å². The van der Waals surface area contributed by atoms with Gasteiger partial charge >= 0.3 is 12.0 Å². The van der Waals surface area contributed by atoms with Crippen LogP contribution in [0.25, 0.3) is 0 Å². The minimum absolute atomic E-state index is 0.0304. The van der Waals surface area contributed by atoms with E-state index in [-0.39, 0.29) is 24.5 Å². The number of aliphatic carboxylic acids is 1. The van der Waals surface area contributed by atoms with Gasteiger partial charge in [0.25, 0.3) is 0 Å². The normalized spacial score (nSPS) is 20.4. The van der Waals surface area contributed by atoms with E-state index >= 15 is 0 Å². The third-order valence-electron chi connectivity index (χ3n) is 3.37. The van der Waals surface area contributed by atoms with Crippen molar-refractivity contribution < 1.29 is 14.7 Å². The van der Waals surface area contributed by atoms with Gasteiger partial charge in [-0.05, 0) is 32.6 Å². The minimum atomic E-state index is -0.813. The van der Waals surface area contributed by atoms with E-state index in [1.807, 2.05) is 6.92 Å². The summed E-state index contributed by atoms with van der Waals surface area (Å²) in [7, 11) is 0. The lowest BCUT2D eigenvalue weighted by atomic mass is 9.98. The number of carboxylic acid groups (broad SMARTS) is 1. The molecule has 2 amide bonds. The Balaban J connectivity index is 2.53. The third kappa shape index (κ3) is 5.21. The number of rotatable bonds is 5. The van der Waals surface area contributed by atoms with E-state index in [4.69, 9.17) is 11.5 Å². The monoisotopic (exact) mass is 266 g/mol. The van der Waals surface area contributed by atoms with E-state index in [0.29, 0.717) is 19.4 Å². The molecule has 2 atom stereocenters. The van der Waals surface area contributed by atoms with Gasteiger partial charge in [-0.15, -0.1) is 12.3 Å². The molecule has 1 heterocycles. The topological polar surface area (TPSA) is 69.6 Å². The van der Waals surface area contributed by atoms with Crippen LogP contribution in [0.3, 0.4) is 0 Å². The minimum Gasteiger partial charge on any atom is -0.481 e. The largest absolute Gasteiger partial charge is 0.481 e. The first-order valence-corrected chi connectivity index (χ1v) is 6.77. The summed E-state index contributed by atoms with van der Waals surface area (Å²) in [5, 5.41) is 11.6. The van der Waals surface area contributed by atoms with Crippen LogP contribution in [0.2, 0.25) is 0 Å². The van der Waals surface area contributed by atoms with Gasteiger partial charge in [0, 0.05) is 31.5 Å². The average molecular weight is 266 g/mol. The van der Waals surface area contributed by atoms with Crippen molar-refractivity contribution in [1.29, 1.82) is 0 Å². The van der Waals surface area contributed by atoms with Crippen LogP contribution >= 0.6 is 0 Å². The van der Waals surface area contributed by atoms with Crippen LogP contribution in [0, 0.1) is 12.3 Å². The molecule has 0 aromatic heterocycles. The van der Waals surface area contributed by atoms with Crippen molar-refractivity contribution in [2.24, 2.45) is 0 Å². The maximum atomic E-state index is 12.1. The first-order valence-electron chi connectivity index (χ1n) is 6.77.